The zero-order valence-corrected chi connectivity index (χ0v) is 16.3. The summed E-state index contributed by atoms with van der Waals surface area (Å²) in [5.41, 5.74) is 0.631. The van der Waals surface area contributed by atoms with Crippen LogP contribution in [0.1, 0.15) is 18.9 Å². The molecule has 0 N–H and O–H groups in total. The van der Waals surface area contributed by atoms with Crippen molar-refractivity contribution in [2.75, 3.05) is 13.6 Å². The summed E-state index contributed by atoms with van der Waals surface area (Å²) >= 11 is 0. The Bertz CT molecular complexity index is 1090. The van der Waals surface area contributed by atoms with E-state index in [9.17, 15) is 17.6 Å². The van der Waals surface area contributed by atoms with Crippen molar-refractivity contribution in [2.24, 2.45) is 0 Å². The summed E-state index contributed by atoms with van der Waals surface area (Å²) in [6.45, 7) is 0.973. The monoisotopic (exact) mass is 420 g/mol. The number of sulfonamides is 1. The quantitative estimate of drug-likeness (QED) is 0.534. The molecule has 0 aliphatic carbocycles. The summed E-state index contributed by atoms with van der Waals surface area (Å²) < 4.78 is 49.0. The molecule has 1 aromatic carbocycles. The summed E-state index contributed by atoms with van der Waals surface area (Å²) in [6.07, 6.45) is 2.27. The second-order valence-corrected chi connectivity index (χ2v) is 8.09. The summed E-state index contributed by atoms with van der Waals surface area (Å²) in [5, 5.41) is 3.81. The number of hydrogen-bond acceptors (Lipinski definition) is 8. The Morgan fingerprint density at radius 2 is 2.00 bits per heavy atom. The van der Waals surface area contributed by atoms with Crippen molar-refractivity contribution in [1.82, 2.24) is 19.4 Å². The largest absolute Gasteiger partial charge is 0.452 e. The van der Waals surface area contributed by atoms with E-state index in [2.05, 4.69) is 15.1 Å². The smallest absolute Gasteiger partial charge is 0.322 e. The van der Waals surface area contributed by atoms with Gasteiger partial charge < -0.3 is 9.26 Å². The van der Waals surface area contributed by atoms with Crippen LogP contribution in [0.25, 0.3) is 11.4 Å². The van der Waals surface area contributed by atoms with Crippen LogP contribution in [0.15, 0.2) is 58.2 Å². The summed E-state index contributed by atoms with van der Waals surface area (Å²) in [4.78, 5) is 20.1. The number of likely N-dealkylation sites (N-methyl/N-ethyl adjacent to an activating group) is 1. The first kappa shape index (κ1) is 20.6. The second kappa shape index (κ2) is 8.45. The average molecular weight is 420 g/mol. The van der Waals surface area contributed by atoms with Crippen LogP contribution in [0, 0.1) is 5.82 Å². The molecule has 0 radical (unpaired) electrons. The average Bonchev–Trinajstić information content (AvgIpc) is 3.19. The van der Waals surface area contributed by atoms with E-state index in [-0.39, 0.29) is 16.6 Å². The maximum absolute atomic E-state index is 13.0. The highest BCUT2D eigenvalue weighted by Gasteiger charge is 2.26. The van der Waals surface area contributed by atoms with Crippen molar-refractivity contribution < 1.29 is 26.9 Å². The molecule has 0 aliphatic rings. The van der Waals surface area contributed by atoms with Gasteiger partial charge >= 0.3 is 5.97 Å². The SMILES string of the molecule is CC(OC(=O)CN(C)S(=O)(=O)c1ccc(F)cc1)c1nc(-c2cccnc2)no1. The molecule has 9 nitrogen and oxygen atoms in total. The number of carbonyl (C=O) groups is 1. The molecule has 0 spiro atoms. The van der Waals surface area contributed by atoms with E-state index in [1.807, 2.05) is 0 Å². The Morgan fingerprint density at radius 1 is 1.28 bits per heavy atom. The van der Waals surface area contributed by atoms with Gasteiger partial charge in [-0.2, -0.15) is 9.29 Å². The molecule has 1 unspecified atom stereocenters. The second-order valence-electron chi connectivity index (χ2n) is 6.05. The third-order valence-corrected chi connectivity index (χ3v) is 5.71. The number of rotatable bonds is 7. The zero-order chi connectivity index (χ0) is 21.0. The first-order valence-electron chi connectivity index (χ1n) is 8.43. The van der Waals surface area contributed by atoms with Gasteiger partial charge in [0.15, 0.2) is 6.10 Å². The van der Waals surface area contributed by atoms with Gasteiger partial charge in [-0.3, -0.25) is 9.78 Å². The highest BCUT2D eigenvalue weighted by Crippen LogP contribution is 2.20. The maximum Gasteiger partial charge on any atom is 0.322 e. The van der Waals surface area contributed by atoms with E-state index in [1.165, 1.54) is 14.0 Å². The fourth-order valence-electron chi connectivity index (χ4n) is 2.35. The van der Waals surface area contributed by atoms with Crippen LogP contribution in [0.5, 0.6) is 0 Å². The molecular formula is C18H17FN4O5S. The molecule has 0 aliphatic heterocycles. The van der Waals surface area contributed by atoms with Crippen molar-refractivity contribution in [2.45, 2.75) is 17.9 Å². The highest BCUT2D eigenvalue weighted by molar-refractivity contribution is 7.89. The number of benzene rings is 1. The molecule has 2 heterocycles. The number of pyridine rings is 1. The van der Waals surface area contributed by atoms with E-state index in [0.717, 1.165) is 28.6 Å². The van der Waals surface area contributed by atoms with Crippen molar-refractivity contribution in [3.8, 4) is 11.4 Å². The molecule has 3 aromatic rings. The number of hydrogen-bond donors (Lipinski definition) is 0. The fourth-order valence-corrected chi connectivity index (χ4v) is 3.47. The minimum absolute atomic E-state index is 0.0567. The predicted octanol–water partition coefficient (Wildman–Crippen LogP) is 2.20. The van der Waals surface area contributed by atoms with Crippen LogP contribution in [-0.2, 0) is 19.6 Å². The molecule has 0 fully saturated rings. The molecule has 1 atom stereocenters. The van der Waals surface area contributed by atoms with E-state index < -0.39 is 34.5 Å². The van der Waals surface area contributed by atoms with Crippen molar-refractivity contribution >= 4 is 16.0 Å². The van der Waals surface area contributed by atoms with Gasteiger partial charge in [-0.05, 0) is 43.3 Å². The Labute approximate surface area is 166 Å². The first-order chi connectivity index (χ1) is 13.8. The molecule has 152 valence electrons. The number of aromatic nitrogens is 3. The third-order valence-electron chi connectivity index (χ3n) is 3.89. The molecule has 0 amide bonds. The number of ether oxygens (including phenoxy) is 1. The lowest BCUT2D eigenvalue weighted by Crippen LogP contribution is -2.33. The lowest BCUT2D eigenvalue weighted by molar-refractivity contribution is -0.149. The molecule has 2 aromatic heterocycles. The Balaban J connectivity index is 1.63. The van der Waals surface area contributed by atoms with Crippen molar-refractivity contribution in [3.63, 3.8) is 0 Å². The Hall–Kier alpha value is -3.18. The van der Waals surface area contributed by atoms with Gasteiger partial charge in [0.25, 0.3) is 5.89 Å². The molecule has 0 bridgehead atoms. The van der Waals surface area contributed by atoms with Crippen LogP contribution >= 0.6 is 0 Å². The van der Waals surface area contributed by atoms with Crippen molar-refractivity contribution in [3.05, 3.63) is 60.5 Å². The fraction of sp³-hybridized carbons (Fsp3) is 0.222. The molecule has 0 saturated carbocycles. The van der Waals surface area contributed by atoms with Gasteiger partial charge in [-0.1, -0.05) is 5.16 Å². The van der Waals surface area contributed by atoms with Gasteiger partial charge in [-0.25, -0.2) is 12.8 Å². The van der Waals surface area contributed by atoms with Crippen LogP contribution in [0.3, 0.4) is 0 Å². The zero-order valence-electron chi connectivity index (χ0n) is 15.5. The van der Waals surface area contributed by atoms with Gasteiger partial charge in [0, 0.05) is 25.0 Å². The van der Waals surface area contributed by atoms with E-state index in [1.54, 1.807) is 24.5 Å². The van der Waals surface area contributed by atoms with Crippen LogP contribution in [-0.4, -0.2) is 47.4 Å². The molecule has 11 heteroatoms. The van der Waals surface area contributed by atoms with E-state index in [4.69, 9.17) is 9.26 Å². The Morgan fingerprint density at radius 3 is 2.66 bits per heavy atom. The highest BCUT2D eigenvalue weighted by atomic mass is 32.2. The van der Waals surface area contributed by atoms with E-state index in [0.29, 0.717) is 5.56 Å². The van der Waals surface area contributed by atoms with Gasteiger partial charge in [0.05, 0.1) is 4.90 Å². The lowest BCUT2D eigenvalue weighted by Gasteiger charge is -2.17. The number of esters is 1. The van der Waals surface area contributed by atoms with Crippen LogP contribution < -0.4 is 0 Å². The first-order valence-corrected chi connectivity index (χ1v) is 9.87. The van der Waals surface area contributed by atoms with E-state index >= 15 is 0 Å². The summed E-state index contributed by atoms with van der Waals surface area (Å²) in [6, 6.07) is 7.74. The maximum atomic E-state index is 13.0. The lowest BCUT2D eigenvalue weighted by atomic mass is 10.3. The minimum atomic E-state index is -3.98. The molecule has 0 saturated heterocycles. The molecule has 29 heavy (non-hydrogen) atoms. The third kappa shape index (κ3) is 4.81. The predicted molar refractivity (Wildman–Crippen MR) is 98.3 cm³/mol. The number of carbonyl (C=O) groups excluding carboxylic acids is 1. The minimum Gasteiger partial charge on any atom is -0.452 e. The topological polar surface area (TPSA) is 115 Å². The molecule has 3 rings (SSSR count). The Kier molecular flexibility index (Phi) is 5.99. The number of halogens is 1. The van der Waals surface area contributed by atoms with Crippen LogP contribution in [0.2, 0.25) is 0 Å². The summed E-state index contributed by atoms with van der Waals surface area (Å²) in [7, 11) is -2.76. The van der Waals surface area contributed by atoms with Crippen molar-refractivity contribution in [1.29, 1.82) is 0 Å². The van der Waals surface area contributed by atoms with Gasteiger partial charge in [0.2, 0.25) is 15.8 Å². The van der Waals surface area contributed by atoms with Gasteiger partial charge in [0.1, 0.15) is 12.4 Å². The van der Waals surface area contributed by atoms with Gasteiger partial charge in [-0.15, -0.1) is 0 Å². The normalized spacial score (nSPS) is 12.7. The number of nitrogens with zero attached hydrogens (tertiary/aromatic N) is 4. The standard InChI is InChI=1S/C18H17FN4O5S/c1-12(18-21-17(22-28-18)13-4-3-9-20-10-13)27-16(24)11-23(2)29(25,26)15-7-5-14(19)6-8-15/h3-10,12H,11H2,1-2H3. The molecular weight excluding hydrogens is 403 g/mol. The van der Waals surface area contributed by atoms with Crippen LogP contribution in [0.4, 0.5) is 4.39 Å². The summed E-state index contributed by atoms with van der Waals surface area (Å²) in [5.74, 6) is -1.04.